The molecule has 3 nitrogen and oxygen atoms in total. The van der Waals surface area contributed by atoms with E-state index in [1.165, 1.54) is 0 Å². The maximum absolute atomic E-state index is 6.04. The van der Waals surface area contributed by atoms with Gasteiger partial charge in [-0.25, -0.2) is 0 Å². The lowest BCUT2D eigenvalue weighted by molar-refractivity contribution is -0.0939. The SMILES string of the molecule is CCC1(CC)CC(NC(C)CCc2ccco2)CCO1. The van der Waals surface area contributed by atoms with Crippen LogP contribution in [0.15, 0.2) is 22.8 Å². The van der Waals surface area contributed by atoms with Crippen LogP contribution in [-0.2, 0) is 11.2 Å². The zero-order valence-corrected chi connectivity index (χ0v) is 13.2. The summed E-state index contributed by atoms with van der Waals surface area (Å²) in [6.45, 7) is 7.65. The molecule has 1 fully saturated rings. The van der Waals surface area contributed by atoms with Crippen LogP contribution in [0.3, 0.4) is 0 Å². The summed E-state index contributed by atoms with van der Waals surface area (Å²) in [6.07, 6.45) is 8.39. The minimum atomic E-state index is 0.108. The Morgan fingerprint density at radius 3 is 2.85 bits per heavy atom. The molecule has 20 heavy (non-hydrogen) atoms. The van der Waals surface area contributed by atoms with Gasteiger partial charge < -0.3 is 14.5 Å². The van der Waals surface area contributed by atoms with Crippen molar-refractivity contribution in [2.75, 3.05) is 6.61 Å². The molecule has 0 aliphatic carbocycles. The average molecular weight is 279 g/mol. The Labute approximate surface area is 123 Å². The van der Waals surface area contributed by atoms with E-state index in [9.17, 15) is 0 Å². The number of hydrogen-bond donors (Lipinski definition) is 1. The van der Waals surface area contributed by atoms with Crippen LogP contribution >= 0.6 is 0 Å². The second-order valence-corrected chi connectivity index (χ2v) is 6.11. The van der Waals surface area contributed by atoms with Gasteiger partial charge in [0.15, 0.2) is 0 Å². The molecule has 1 aromatic rings. The third-order valence-electron chi connectivity index (χ3n) is 4.71. The molecule has 2 rings (SSSR count). The normalized spacial score (nSPS) is 23.6. The van der Waals surface area contributed by atoms with Crippen LogP contribution in [-0.4, -0.2) is 24.3 Å². The van der Waals surface area contributed by atoms with Gasteiger partial charge >= 0.3 is 0 Å². The highest BCUT2D eigenvalue weighted by Gasteiger charge is 2.34. The monoisotopic (exact) mass is 279 g/mol. The highest BCUT2D eigenvalue weighted by molar-refractivity contribution is 4.98. The van der Waals surface area contributed by atoms with Crippen LogP contribution in [0.2, 0.25) is 0 Å². The number of hydrogen-bond acceptors (Lipinski definition) is 3. The highest BCUT2D eigenvalue weighted by atomic mass is 16.5. The van der Waals surface area contributed by atoms with Crippen LogP contribution in [0.4, 0.5) is 0 Å². The Bertz CT molecular complexity index is 370. The molecule has 0 radical (unpaired) electrons. The average Bonchev–Trinajstić information content (AvgIpc) is 2.98. The second kappa shape index (κ2) is 7.28. The van der Waals surface area contributed by atoms with Crippen molar-refractivity contribution in [3.8, 4) is 0 Å². The molecule has 1 aliphatic rings. The second-order valence-electron chi connectivity index (χ2n) is 6.11. The van der Waals surface area contributed by atoms with Crippen molar-refractivity contribution in [3.63, 3.8) is 0 Å². The molecule has 3 heteroatoms. The van der Waals surface area contributed by atoms with Crippen molar-refractivity contribution in [3.05, 3.63) is 24.2 Å². The van der Waals surface area contributed by atoms with Gasteiger partial charge in [0.2, 0.25) is 0 Å². The van der Waals surface area contributed by atoms with Crippen LogP contribution < -0.4 is 5.32 Å². The molecule has 0 bridgehead atoms. The highest BCUT2D eigenvalue weighted by Crippen LogP contribution is 2.31. The minimum Gasteiger partial charge on any atom is -0.469 e. The number of nitrogens with one attached hydrogen (secondary N) is 1. The number of aryl methyl sites for hydroxylation is 1. The van der Waals surface area contributed by atoms with E-state index < -0.39 is 0 Å². The molecule has 2 heterocycles. The van der Waals surface area contributed by atoms with Gasteiger partial charge in [-0.05, 0) is 51.2 Å². The Hall–Kier alpha value is -0.800. The summed E-state index contributed by atoms with van der Waals surface area (Å²) >= 11 is 0. The van der Waals surface area contributed by atoms with Gasteiger partial charge in [0, 0.05) is 25.1 Å². The molecule has 114 valence electrons. The molecule has 1 aromatic heterocycles. The Balaban J connectivity index is 1.77. The van der Waals surface area contributed by atoms with Gasteiger partial charge in [0.1, 0.15) is 5.76 Å². The fourth-order valence-corrected chi connectivity index (χ4v) is 3.21. The molecule has 1 N–H and O–H groups in total. The van der Waals surface area contributed by atoms with E-state index >= 15 is 0 Å². The molecule has 2 unspecified atom stereocenters. The van der Waals surface area contributed by atoms with Crippen molar-refractivity contribution >= 4 is 0 Å². The Kier molecular flexibility index (Phi) is 5.67. The molecular weight excluding hydrogens is 250 g/mol. The predicted octanol–water partition coefficient (Wildman–Crippen LogP) is 3.93. The molecule has 0 spiro atoms. The lowest BCUT2D eigenvalue weighted by Crippen LogP contribution is -2.48. The molecule has 0 aromatic carbocycles. The van der Waals surface area contributed by atoms with E-state index in [0.717, 1.165) is 50.9 Å². The maximum Gasteiger partial charge on any atom is 0.103 e. The molecular formula is C17H29NO2. The molecule has 0 saturated carbocycles. The van der Waals surface area contributed by atoms with E-state index in [1.54, 1.807) is 6.26 Å². The van der Waals surface area contributed by atoms with Crippen LogP contribution in [0.25, 0.3) is 0 Å². The van der Waals surface area contributed by atoms with Crippen molar-refractivity contribution in [1.82, 2.24) is 5.32 Å². The summed E-state index contributed by atoms with van der Waals surface area (Å²) in [6, 6.07) is 5.13. The van der Waals surface area contributed by atoms with E-state index in [0.29, 0.717) is 12.1 Å². The third kappa shape index (κ3) is 4.10. The van der Waals surface area contributed by atoms with Gasteiger partial charge in [0.25, 0.3) is 0 Å². The summed E-state index contributed by atoms with van der Waals surface area (Å²) in [7, 11) is 0. The Morgan fingerprint density at radius 1 is 1.40 bits per heavy atom. The van der Waals surface area contributed by atoms with E-state index in [1.807, 2.05) is 6.07 Å². The van der Waals surface area contributed by atoms with Gasteiger partial charge in [-0.3, -0.25) is 0 Å². The largest absolute Gasteiger partial charge is 0.469 e. The summed E-state index contributed by atoms with van der Waals surface area (Å²) in [4.78, 5) is 0. The maximum atomic E-state index is 6.04. The van der Waals surface area contributed by atoms with Crippen LogP contribution in [0, 0.1) is 0 Å². The van der Waals surface area contributed by atoms with Crippen molar-refractivity contribution in [2.45, 2.75) is 77.0 Å². The predicted molar refractivity (Wildman–Crippen MR) is 81.9 cm³/mol. The molecule has 0 amide bonds. The lowest BCUT2D eigenvalue weighted by atomic mass is 9.85. The first-order valence-electron chi connectivity index (χ1n) is 8.10. The fourth-order valence-electron chi connectivity index (χ4n) is 3.21. The topological polar surface area (TPSA) is 34.4 Å². The summed E-state index contributed by atoms with van der Waals surface area (Å²) in [5, 5.41) is 3.78. The van der Waals surface area contributed by atoms with Crippen molar-refractivity contribution in [2.24, 2.45) is 0 Å². The van der Waals surface area contributed by atoms with E-state index in [2.05, 4.69) is 32.2 Å². The van der Waals surface area contributed by atoms with Crippen molar-refractivity contribution < 1.29 is 9.15 Å². The molecule has 2 atom stereocenters. The smallest absolute Gasteiger partial charge is 0.103 e. The first-order valence-corrected chi connectivity index (χ1v) is 8.10. The van der Waals surface area contributed by atoms with E-state index in [4.69, 9.17) is 9.15 Å². The van der Waals surface area contributed by atoms with Crippen LogP contribution in [0.5, 0.6) is 0 Å². The standard InChI is InChI=1S/C17H29NO2/c1-4-17(5-2)13-15(10-12-20-17)18-14(3)8-9-16-7-6-11-19-16/h6-7,11,14-15,18H,4-5,8-10,12-13H2,1-3H3. The minimum absolute atomic E-state index is 0.108. The van der Waals surface area contributed by atoms with E-state index in [-0.39, 0.29) is 5.60 Å². The Morgan fingerprint density at radius 2 is 2.20 bits per heavy atom. The van der Waals surface area contributed by atoms with Gasteiger partial charge in [-0.2, -0.15) is 0 Å². The zero-order valence-electron chi connectivity index (χ0n) is 13.2. The fraction of sp³-hybridized carbons (Fsp3) is 0.765. The zero-order chi connectivity index (χ0) is 14.4. The summed E-state index contributed by atoms with van der Waals surface area (Å²) in [5.74, 6) is 1.09. The van der Waals surface area contributed by atoms with Gasteiger partial charge in [-0.1, -0.05) is 13.8 Å². The molecule has 1 aliphatic heterocycles. The van der Waals surface area contributed by atoms with Gasteiger partial charge in [0.05, 0.1) is 11.9 Å². The first kappa shape index (κ1) is 15.6. The third-order valence-corrected chi connectivity index (χ3v) is 4.71. The first-order chi connectivity index (χ1) is 9.67. The van der Waals surface area contributed by atoms with Crippen LogP contribution in [0.1, 0.15) is 58.6 Å². The lowest BCUT2D eigenvalue weighted by Gasteiger charge is -2.41. The number of rotatable bonds is 7. The number of ether oxygens (including phenoxy) is 1. The quantitative estimate of drug-likeness (QED) is 0.821. The summed E-state index contributed by atoms with van der Waals surface area (Å²) < 4.78 is 11.4. The number of furan rings is 1. The van der Waals surface area contributed by atoms with Crippen molar-refractivity contribution in [1.29, 1.82) is 0 Å². The van der Waals surface area contributed by atoms with Gasteiger partial charge in [-0.15, -0.1) is 0 Å². The summed E-state index contributed by atoms with van der Waals surface area (Å²) in [5.41, 5.74) is 0.108. The molecule has 1 saturated heterocycles.